The van der Waals surface area contributed by atoms with Gasteiger partial charge in [0.1, 0.15) is 11.7 Å². The summed E-state index contributed by atoms with van der Waals surface area (Å²) < 4.78 is 0. The molecule has 0 heterocycles. The van der Waals surface area contributed by atoms with E-state index in [2.05, 4.69) is 53.7 Å². The highest BCUT2D eigenvalue weighted by atomic mass is 16.3. The fourth-order valence-electron chi connectivity index (χ4n) is 8.73. The summed E-state index contributed by atoms with van der Waals surface area (Å²) in [6.45, 7) is 14.1. The number of fused-ring (bicyclic) bond motifs is 5. The van der Waals surface area contributed by atoms with Crippen molar-refractivity contribution in [2.24, 2.45) is 46.3 Å². The highest BCUT2D eigenvalue weighted by Gasteiger charge is 2.64. The van der Waals surface area contributed by atoms with Gasteiger partial charge in [0.25, 0.3) is 0 Å². The minimum absolute atomic E-state index is 0.269. The molecule has 3 N–H and O–H groups in total. The molecule has 10 atom stereocenters. The number of allylic oxidation sites excluding steroid dienone is 3. The lowest BCUT2D eigenvalue weighted by Crippen LogP contribution is -2.65. The topological polar surface area (TPSA) is 60.7 Å². The Kier molecular flexibility index (Phi) is 6.53. The van der Waals surface area contributed by atoms with E-state index in [1.165, 1.54) is 31.3 Å². The minimum Gasteiger partial charge on any atom is -0.393 e. The second-order valence-electron chi connectivity index (χ2n) is 12.7. The van der Waals surface area contributed by atoms with E-state index in [4.69, 9.17) is 0 Å². The molecule has 4 aliphatic carbocycles. The summed E-state index contributed by atoms with van der Waals surface area (Å²) in [4.78, 5) is 0. The van der Waals surface area contributed by atoms with E-state index in [9.17, 15) is 15.3 Å². The van der Waals surface area contributed by atoms with Crippen molar-refractivity contribution in [3.8, 4) is 0 Å². The van der Waals surface area contributed by atoms with Crippen LogP contribution >= 0.6 is 0 Å². The molecule has 0 radical (unpaired) electrons. The van der Waals surface area contributed by atoms with Gasteiger partial charge in [-0.2, -0.15) is 0 Å². The van der Waals surface area contributed by atoms with Gasteiger partial charge < -0.3 is 15.3 Å². The van der Waals surface area contributed by atoms with Crippen molar-refractivity contribution in [3.63, 3.8) is 0 Å². The van der Waals surface area contributed by atoms with E-state index in [-0.39, 0.29) is 10.8 Å². The molecule has 0 aromatic heterocycles. The lowest BCUT2D eigenvalue weighted by molar-refractivity contribution is -0.210. The molecule has 4 rings (SSSR count). The number of rotatable bonds is 5. The van der Waals surface area contributed by atoms with Crippen LogP contribution in [0.15, 0.2) is 23.8 Å². The van der Waals surface area contributed by atoms with Crippen LogP contribution in [0.2, 0.25) is 0 Å². The van der Waals surface area contributed by atoms with Crippen molar-refractivity contribution in [1.29, 1.82) is 0 Å². The van der Waals surface area contributed by atoms with E-state index in [1.807, 2.05) is 6.08 Å². The van der Waals surface area contributed by atoms with Crippen LogP contribution in [0, 0.1) is 46.3 Å². The van der Waals surface area contributed by atoms with Crippen molar-refractivity contribution in [2.45, 2.75) is 111 Å². The van der Waals surface area contributed by atoms with Gasteiger partial charge in [0.2, 0.25) is 0 Å². The van der Waals surface area contributed by atoms with E-state index in [1.54, 1.807) is 0 Å². The lowest BCUT2D eigenvalue weighted by Gasteiger charge is -2.62. The molecular formula is C29H48O3. The average molecular weight is 445 g/mol. The molecule has 4 aliphatic rings. The third kappa shape index (κ3) is 3.57. The van der Waals surface area contributed by atoms with Crippen molar-refractivity contribution in [1.82, 2.24) is 0 Å². The van der Waals surface area contributed by atoms with Gasteiger partial charge in [-0.1, -0.05) is 65.3 Å². The fraction of sp³-hybridized carbons (Fsp3) is 0.862. The summed E-state index contributed by atoms with van der Waals surface area (Å²) in [5.41, 5.74) is 0.159. The van der Waals surface area contributed by atoms with Crippen LogP contribution in [-0.4, -0.2) is 33.1 Å². The van der Waals surface area contributed by atoms with Crippen LogP contribution in [0.3, 0.4) is 0 Å². The predicted molar refractivity (Wildman–Crippen MR) is 131 cm³/mol. The van der Waals surface area contributed by atoms with E-state index in [0.29, 0.717) is 41.9 Å². The second kappa shape index (κ2) is 8.54. The van der Waals surface area contributed by atoms with Crippen molar-refractivity contribution < 1.29 is 15.3 Å². The van der Waals surface area contributed by atoms with Crippen LogP contribution in [0.25, 0.3) is 0 Å². The van der Waals surface area contributed by atoms with E-state index < -0.39 is 17.8 Å². The average Bonchev–Trinajstić information content (AvgIpc) is 3.08. The van der Waals surface area contributed by atoms with Crippen LogP contribution in [0.4, 0.5) is 0 Å². The number of hydrogen-bond acceptors (Lipinski definition) is 3. The highest BCUT2D eigenvalue weighted by molar-refractivity contribution is 5.33. The molecule has 3 nitrogen and oxygen atoms in total. The molecule has 3 fully saturated rings. The van der Waals surface area contributed by atoms with Gasteiger partial charge in [-0.25, -0.2) is 0 Å². The van der Waals surface area contributed by atoms with Gasteiger partial charge in [0.05, 0.1) is 6.10 Å². The minimum atomic E-state index is -1.20. The van der Waals surface area contributed by atoms with Crippen LogP contribution < -0.4 is 0 Å². The maximum Gasteiger partial charge on any atom is 0.102 e. The summed E-state index contributed by atoms with van der Waals surface area (Å²) in [5.74, 6) is 3.44. The molecule has 0 aromatic rings. The van der Waals surface area contributed by atoms with Crippen LogP contribution in [0.1, 0.15) is 92.9 Å². The van der Waals surface area contributed by atoms with Gasteiger partial charge in [-0.05, 0) is 85.9 Å². The third-order valence-corrected chi connectivity index (χ3v) is 11.0. The monoisotopic (exact) mass is 444 g/mol. The quantitative estimate of drug-likeness (QED) is 0.464. The molecule has 3 saturated carbocycles. The Hall–Kier alpha value is -0.640. The smallest absolute Gasteiger partial charge is 0.102 e. The first kappa shape index (κ1) is 24.5. The standard InChI is InChI=1S/C29H48O3/c1-7-20(18(2)3)9-8-19(4)23-10-11-24-22-16-26(31)29(32)17-21(30)12-15-28(29,6)25(22)13-14-27(23,24)5/h8-9,16,18-21,23-26,30-32H,7,10-15,17H2,1-6H3. The Morgan fingerprint density at radius 2 is 1.72 bits per heavy atom. The van der Waals surface area contributed by atoms with Gasteiger partial charge in [0, 0.05) is 11.8 Å². The first-order chi connectivity index (χ1) is 15.0. The third-order valence-electron chi connectivity index (χ3n) is 11.0. The maximum absolute atomic E-state index is 11.6. The largest absolute Gasteiger partial charge is 0.393 e. The predicted octanol–water partition coefficient (Wildman–Crippen LogP) is 5.89. The Bertz CT molecular complexity index is 756. The Labute approximate surface area is 196 Å². The summed E-state index contributed by atoms with van der Waals surface area (Å²) in [6.07, 6.45) is 13.4. The first-order valence-corrected chi connectivity index (χ1v) is 13.5. The molecular weight excluding hydrogens is 396 g/mol. The summed E-state index contributed by atoms with van der Waals surface area (Å²) in [5, 5.41) is 33.0. The maximum atomic E-state index is 11.6. The first-order valence-electron chi connectivity index (χ1n) is 13.5. The van der Waals surface area contributed by atoms with Gasteiger partial charge in [-0.3, -0.25) is 0 Å². The summed E-state index contributed by atoms with van der Waals surface area (Å²) in [7, 11) is 0. The zero-order valence-corrected chi connectivity index (χ0v) is 21.3. The molecule has 10 unspecified atom stereocenters. The van der Waals surface area contributed by atoms with Gasteiger partial charge >= 0.3 is 0 Å². The Morgan fingerprint density at radius 1 is 1.00 bits per heavy atom. The molecule has 32 heavy (non-hydrogen) atoms. The molecule has 0 spiro atoms. The Morgan fingerprint density at radius 3 is 2.38 bits per heavy atom. The zero-order chi connectivity index (χ0) is 23.5. The molecule has 182 valence electrons. The lowest BCUT2D eigenvalue weighted by atomic mass is 9.45. The molecule has 0 amide bonds. The van der Waals surface area contributed by atoms with Gasteiger partial charge in [0.15, 0.2) is 0 Å². The SMILES string of the molecule is CCC(C=CC(C)C1CCC2C3=CC(O)C4(O)CC(O)CCC4(C)C3CCC21C)C(C)C. The van der Waals surface area contributed by atoms with Gasteiger partial charge in [-0.15, -0.1) is 0 Å². The van der Waals surface area contributed by atoms with Crippen molar-refractivity contribution in [3.05, 3.63) is 23.8 Å². The number of hydrogen-bond donors (Lipinski definition) is 3. The number of aliphatic hydroxyl groups excluding tert-OH is 2. The molecule has 3 heteroatoms. The van der Waals surface area contributed by atoms with Crippen LogP contribution in [-0.2, 0) is 0 Å². The summed E-state index contributed by atoms with van der Waals surface area (Å²) in [6, 6.07) is 0. The summed E-state index contributed by atoms with van der Waals surface area (Å²) >= 11 is 0. The molecule has 0 aliphatic heterocycles. The van der Waals surface area contributed by atoms with Crippen LogP contribution in [0.5, 0.6) is 0 Å². The normalized spacial score (nSPS) is 48.2. The van der Waals surface area contributed by atoms with Crippen molar-refractivity contribution in [2.75, 3.05) is 0 Å². The van der Waals surface area contributed by atoms with E-state index >= 15 is 0 Å². The second-order valence-corrected chi connectivity index (χ2v) is 12.7. The molecule has 0 saturated heterocycles. The van der Waals surface area contributed by atoms with Crippen molar-refractivity contribution >= 4 is 0 Å². The zero-order valence-electron chi connectivity index (χ0n) is 21.3. The number of aliphatic hydroxyl groups is 3. The molecule has 0 bridgehead atoms. The molecule has 0 aromatic carbocycles. The Balaban J connectivity index is 1.60. The van der Waals surface area contributed by atoms with E-state index in [0.717, 1.165) is 19.3 Å². The fourth-order valence-corrected chi connectivity index (χ4v) is 8.73. The highest BCUT2D eigenvalue weighted by Crippen LogP contribution is 2.67.